The number of aryl methyl sites for hydroxylation is 2. The van der Waals surface area contributed by atoms with Gasteiger partial charge in [0.2, 0.25) is 5.91 Å². The first kappa shape index (κ1) is 18.2. The van der Waals surface area contributed by atoms with Gasteiger partial charge in [0.1, 0.15) is 5.82 Å². The molecule has 1 aromatic carbocycles. The molecule has 0 unspecified atom stereocenters. The maximum atomic E-state index is 12.4. The number of thioether (sulfide) groups is 1. The minimum absolute atomic E-state index is 0.0110. The third-order valence-electron chi connectivity index (χ3n) is 4.11. The van der Waals surface area contributed by atoms with Crippen LogP contribution >= 0.6 is 11.8 Å². The predicted molar refractivity (Wildman–Crippen MR) is 104 cm³/mol. The van der Waals surface area contributed by atoms with Crippen molar-refractivity contribution in [1.82, 2.24) is 19.9 Å². The summed E-state index contributed by atoms with van der Waals surface area (Å²) in [5, 5.41) is 4.02. The molecule has 6 heteroatoms. The van der Waals surface area contributed by atoms with Crippen LogP contribution in [0.2, 0.25) is 0 Å². The number of amides is 1. The van der Waals surface area contributed by atoms with Gasteiger partial charge in [-0.1, -0.05) is 48.2 Å². The molecule has 0 fully saturated rings. The summed E-state index contributed by atoms with van der Waals surface area (Å²) in [4.78, 5) is 20.9. The van der Waals surface area contributed by atoms with E-state index in [0.717, 1.165) is 29.4 Å². The second kappa shape index (κ2) is 9.20. The molecule has 3 rings (SSSR count). The molecule has 0 saturated heterocycles. The molecule has 0 spiro atoms. The fourth-order valence-corrected chi connectivity index (χ4v) is 3.40. The number of hydrogen-bond acceptors (Lipinski definition) is 4. The molecule has 3 aromatic rings. The second-order valence-electron chi connectivity index (χ2n) is 5.94. The van der Waals surface area contributed by atoms with Gasteiger partial charge in [-0.15, -0.1) is 0 Å². The number of rotatable bonds is 8. The van der Waals surface area contributed by atoms with Gasteiger partial charge < -0.3 is 9.88 Å². The van der Waals surface area contributed by atoms with Crippen LogP contribution in [0.1, 0.15) is 23.9 Å². The SMILES string of the molecule is Cc1nccn1CC[C@@H](NC(=O)CSc1ccccn1)c1ccccc1. The Balaban J connectivity index is 1.61. The Bertz CT molecular complexity index is 820. The van der Waals surface area contributed by atoms with Crippen molar-refractivity contribution in [1.29, 1.82) is 0 Å². The average molecular weight is 366 g/mol. The van der Waals surface area contributed by atoms with Crippen LogP contribution in [0.15, 0.2) is 72.1 Å². The first-order valence-electron chi connectivity index (χ1n) is 8.58. The standard InChI is InChI=1S/C20H22N4OS/c1-16-21-12-14-24(16)13-10-18(17-7-3-2-4-8-17)23-19(25)15-26-20-9-5-6-11-22-20/h2-9,11-12,14,18H,10,13,15H2,1H3,(H,23,25)/t18-/m1/s1. The summed E-state index contributed by atoms with van der Waals surface area (Å²) in [5.74, 6) is 1.34. The first-order valence-corrected chi connectivity index (χ1v) is 9.57. The van der Waals surface area contributed by atoms with Crippen molar-refractivity contribution in [3.8, 4) is 0 Å². The number of aromatic nitrogens is 3. The minimum Gasteiger partial charge on any atom is -0.349 e. The number of pyridine rings is 1. The van der Waals surface area contributed by atoms with Gasteiger partial charge in [-0.3, -0.25) is 4.79 Å². The number of benzene rings is 1. The Morgan fingerprint density at radius 2 is 1.92 bits per heavy atom. The molecule has 0 aliphatic carbocycles. The van der Waals surface area contributed by atoms with Gasteiger partial charge >= 0.3 is 0 Å². The minimum atomic E-state index is -0.0326. The maximum absolute atomic E-state index is 12.4. The van der Waals surface area contributed by atoms with E-state index >= 15 is 0 Å². The summed E-state index contributed by atoms with van der Waals surface area (Å²) < 4.78 is 2.10. The number of hydrogen-bond donors (Lipinski definition) is 1. The molecule has 5 nitrogen and oxygen atoms in total. The third-order valence-corrected chi connectivity index (χ3v) is 5.05. The highest BCUT2D eigenvalue weighted by atomic mass is 32.2. The smallest absolute Gasteiger partial charge is 0.230 e. The molecule has 2 aromatic heterocycles. The number of carbonyl (C=O) groups is 1. The van der Waals surface area contributed by atoms with Crippen molar-refractivity contribution in [3.63, 3.8) is 0 Å². The largest absolute Gasteiger partial charge is 0.349 e. The summed E-state index contributed by atoms with van der Waals surface area (Å²) >= 11 is 1.45. The monoisotopic (exact) mass is 366 g/mol. The zero-order chi connectivity index (χ0) is 18.2. The summed E-state index contributed by atoms with van der Waals surface area (Å²) in [7, 11) is 0. The van der Waals surface area contributed by atoms with Crippen molar-refractivity contribution in [2.45, 2.75) is 31.0 Å². The van der Waals surface area contributed by atoms with E-state index in [-0.39, 0.29) is 11.9 Å². The predicted octanol–water partition coefficient (Wildman–Crippen LogP) is 3.63. The lowest BCUT2D eigenvalue weighted by Gasteiger charge is -2.20. The fraction of sp³-hybridized carbons (Fsp3) is 0.250. The average Bonchev–Trinajstić information content (AvgIpc) is 3.10. The number of carbonyl (C=O) groups excluding carboxylic acids is 1. The highest BCUT2D eigenvalue weighted by Crippen LogP contribution is 2.19. The molecule has 0 aliphatic rings. The van der Waals surface area contributed by atoms with Crippen molar-refractivity contribution in [2.24, 2.45) is 0 Å². The number of nitrogens with zero attached hydrogens (tertiary/aromatic N) is 3. The van der Waals surface area contributed by atoms with Gasteiger partial charge in [-0.2, -0.15) is 0 Å². The van der Waals surface area contributed by atoms with Crippen molar-refractivity contribution in [2.75, 3.05) is 5.75 Å². The van der Waals surface area contributed by atoms with Gasteiger partial charge in [-0.05, 0) is 31.0 Å². The highest BCUT2D eigenvalue weighted by Gasteiger charge is 2.15. The van der Waals surface area contributed by atoms with Gasteiger partial charge in [0, 0.05) is 25.1 Å². The molecule has 134 valence electrons. The quantitative estimate of drug-likeness (QED) is 0.619. The van der Waals surface area contributed by atoms with Crippen molar-refractivity contribution >= 4 is 17.7 Å². The molecular weight excluding hydrogens is 344 g/mol. The summed E-state index contributed by atoms with van der Waals surface area (Å²) in [6, 6.07) is 15.8. The number of nitrogens with one attached hydrogen (secondary N) is 1. The summed E-state index contributed by atoms with van der Waals surface area (Å²) in [6.45, 7) is 2.79. The molecule has 0 bridgehead atoms. The van der Waals surface area contributed by atoms with Crippen LogP contribution in [0.25, 0.3) is 0 Å². The molecule has 0 aliphatic heterocycles. The van der Waals surface area contributed by atoms with Crippen LogP contribution < -0.4 is 5.32 Å². The van der Waals surface area contributed by atoms with Crippen molar-refractivity contribution < 1.29 is 4.79 Å². The zero-order valence-corrected chi connectivity index (χ0v) is 15.5. The molecule has 1 atom stereocenters. The Labute approximate surface area is 157 Å². The molecule has 1 N–H and O–H groups in total. The van der Waals surface area contributed by atoms with E-state index in [4.69, 9.17) is 0 Å². The van der Waals surface area contributed by atoms with Gasteiger partial charge in [0.15, 0.2) is 0 Å². The van der Waals surface area contributed by atoms with Crippen LogP contribution in [0.5, 0.6) is 0 Å². The van der Waals surface area contributed by atoms with Gasteiger partial charge in [0.05, 0.1) is 16.8 Å². The lowest BCUT2D eigenvalue weighted by atomic mass is 10.0. The Morgan fingerprint density at radius 3 is 2.62 bits per heavy atom. The number of imidazole rings is 1. The maximum Gasteiger partial charge on any atom is 0.230 e. The van der Waals surface area contributed by atoms with Gasteiger partial charge in [0.25, 0.3) is 0 Å². The van der Waals surface area contributed by atoms with Crippen molar-refractivity contribution in [3.05, 3.63) is 78.5 Å². The molecule has 0 radical (unpaired) electrons. The summed E-state index contributed by atoms with van der Waals surface area (Å²) in [5.41, 5.74) is 1.11. The van der Waals surface area contributed by atoms with Crippen LogP contribution in [0.3, 0.4) is 0 Å². The fourth-order valence-electron chi connectivity index (χ4n) is 2.72. The Hall–Kier alpha value is -2.60. The topological polar surface area (TPSA) is 59.8 Å². The lowest BCUT2D eigenvalue weighted by Crippen LogP contribution is -2.30. The third kappa shape index (κ3) is 5.20. The molecule has 26 heavy (non-hydrogen) atoms. The van der Waals surface area contributed by atoms with E-state index in [2.05, 4.69) is 32.0 Å². The van der Waals surface area contributed by atoms with E-state index in [1.165, 1.54) is 11.8 Å². The van der Waals surface area contributed by atoms with E-state index in [0.29, 0.717) is 5.75 Å². The van der Waals surface area contributed by atoms with E-state index in [9.17, 15) is 4.79 Å². The Kier molecular flexibility index (Phi) is 6.44. The van der Waals surface area contributed by atoms with E-state index in [1.807, 2.05) is 49.5 Å². The second-order valence-corrected chi connectivity index (χ2v) is 6.94. The molecule has 0 saturated carbocycles. The van der Waals surface area contributed by atoms with Crippen LogP contribution in [0.4, 0.5) is 0 Å². The molecule has 1 amide bonds. The normalized spacial score (nSPS) is 11.9. The van der Waals surface area contributed by atoms with E-state index < -0.39 is 0 Å². The lowest BCUT2D eigenvalue weighted by molar-refractivity contribution is -0.119. The molecule has 2 heterocycles. The van der Waals surface area contributed by atoms with Crippen LogP contribution in [-0.2, 0) is 11.3 Å². The van der Waals surface area contributed by atoms with E-state index in [1.54, 1.807) is 12.4 Å². The van der Waals surface area contributed by atoms with Gasteiger partial charge in [-0.25, -0.2) is 9.97 Å². The first-order chi connectivity index (χ1) is 12.7. The molecular formula is C20H22N4OS. The Morgan fingerprint density at radius 1 is 1.12 bits per heavy atom. The highest BCUT2D eigenvalue weighted by molar-refractivity contribution is 7.99. The summed E-state index contributed by atoms with van der Waals surface area (Å²) in [6.07, 6.45) is 6.31. The zero-order valence-electron chi connectivity index (χ0n) is 14.7. The van der Waals surface area contributed by atoms with Crippen LogP contribution in [0, 0.1) is 6.92 Å². The van der Waals surface area contributed by atoms with Crippen LogP contribution in [-0.4, -0.2) is 26.2 Å².